The van der Waals surface area contributed by atoms with Crippen LogP contribution in [0, 0.1) is 0 Å². The summed E-state index contributed by atoms with van der Waals surface area (Å²) in [6, 6.07) is 8.63. The van der Waals surface area contributed by atoms with E-state index in [1.54, 1.807) is 10.8 Å². The maximum Gasteiger partial charge on any atom is 0.313 e. The Morgan fingerprint density at radius 3 is 2.86 bits per heavy atom. The lowest BCUT2D eigenvalue weighted by Crippen LogP contribution is -2.14. The van der Waals surface area contributed by atoms with Gasteiger partial charge in [0.15, 0.2) is 5.16 Å². The van der Waals surface area contributed by atoms with Crippen LogP contribution in [0.5, 0.6) is 5.75 Å². The van der Waals surface area contributed by atoms with Gasteiger partial charge >= 0.3 is 5.97 Å². The Morgan fingerprint density at radius 2 is 2.14 bits per heavy atom. The molecule has 0 spiro atoms. The second-order valence-electron chi connectivity index (χ2n) is 4.00. The summed E-state index contributed by atoms with van der Waals surface area (Å²) in [6.07, 6.45) is 1.57. The van der Waals surface area contributed by atoms with Crippen molar-refractivity contribution in [3.8, 4) is 11.4 Å². The minimum absolute atomic E-state index is 0.173. The molecule has 0 saturated heterocycles. The zero-order chi connectivity index (χ0) is 15.2. The van der Waals surface area contributed by atoms with E-state index in [0.29, 0.717) is 23.2 Å². The minimum atomic E-state index is -0.970. The Bertz CT molecular complexity index is 699. The highest BCUT2D eigenvalue weighted by Gasteiger charge is 2.11. The lowest BCUT2D eigenvalue weighted by molar-refractivity contribution is -0.133. The van der Waals surface area contributed by atoms with Gasteiger partial charge < -0.3 is 9.84 Å². The Hall–Kier alpha value is -2.28. The van der Waals surface area contributed by atoms with Crippen molar-refractivity contribution < 1.29 is 14.6 Å². The first-order valence-corrected chi connectivity index (χ1v) is 7.27. The fourth-order valence-corrected chi connectivity index (χ4v) is 2.44. The average molecular weight is 306 g/mol. The number of carboxylic acid groups (broad SMARTS) is 1. The molecule has 1 aromatic heterocycles. The van der Waals surface area contributed by atoms with E-state index >= 15 is 0 Å². The molecule has 2 rings (SSSR count). The molecular formula is C14H14N2O4S. The number of hydrogen-bond donors (Lipinski definition) is 1. The van der Waals surface area contributed by atoms with Crippen molar-refractivity contribution in [1.82, 2.24) is 9.55 Å². The van der Waals surface area contributed by atoms with Gasteiger partial charge in [-0.05, 0) is 19.1 Å². The van der Waals surface area contributed by atoms with Crippen LogP contribution >= 0.6 is 11.8 Å². The van der Waals surface area contributed by atoms with Gasteiger partial charge in [-0.2, -0.15) is 4.98 Å². The lowest BCUT2D eigenvalue weighted by Gasteiger charge is -2.15. The Balaban J connectivity index is 2.48. The number of ether oxygens (including phenoxy) is 1. The number of hydrogen-bond acceptors (Lipinski definition) is 5. The molecule has 0 saturated carbocycles. The summed E-state index contributed by atoms with van der Waals surface area (Å²) >= 11 is 0.988. The Morgan fingerprint density at radius 1 is 1.38 bits per heavy atom. The van der Waals surface area contributed by atoms with E-state index in [-0.39, 0.29) is 5.75 Å². The van der Waals surface area contributed by atoms with Crippen molar-refractivity contribution in [2.75, 3.05) is 12.4 Å². The number of carbonyl (C=O) groups is 1. The fourth-order valence-electron chi connectivity index (χ4n) is 1.73. The quantitative estimate of drug-likeness (QED) is 0.647. The molecule has 110 valence electrons. The summed E-state index contributed by atoms with van der Waals surface area (Å²) in [5, 5.41) is 9.10. The number of benzene rings is 1. The largest absolute Gasteiger partial charge is 0.492 e. The lowest BCUT2D eigenvalue weighted by atomic mass is 10.3. The smallest absolute Gasteiger partial charge is 0.313 e. The van der Waals surface area contributed by atoms with Gasteiger partial charge in [0.1, 0.15) is 5.75 Å². The van der Waals surface area contributed by atoms with Crippen molar-refractivity contribution >= 4 is 17.7 Å². The molecule has 0 amide bonds. The highest BCUT2D eigenvalue weighted by molar-refractivity contribution is 7.99. The number of aromatic nitrogens is 2. The number of nitrogens with zero attached hydrogens (tertiary/aromatic N) is 2. The van der Waals surface area contributed by atoms with Crippen LogP contribution in [0.25, 0.3) is 5.69 Å². The fraction of sp³-hybridized carbons (Fsp3) is 0.214. The van der Waals surface area contributed by atoms with Crippen LogP contribution in [0.1, 0.15) is 6.92 Å². The molecule has 7 heteroatoms. The first-order chi connectivity index (χ1) is 10.1. The third-order valence-corrected chi connectivity index (χ3v) is 3.46. The average Bonchev–Trinajstić information content (AvgIpc) is 2.46. The number of rotatable bonds is 6. The van der Waals surface area contributed by atoms with Crippen molar-refractivity contribution in [1.29, 1.82) is 0 Å². The zero-order valence-electron chi connectivity index (χ0n) is 11.4. The van der Waals surface area contributed by atoms with Crippen LogP contribution < -0.4 is 10.3 Å². The van der Waals surface area contributed by atoms with Crippen LogP contribution in [0.3, 0.4) is 0 Å². The molecule has 6 nitrogen and oxygen atoms in total. The molecule has 0 aliphatic heterocycles. The monoisotopic (exact) mass is 306 g/mol. The molecule has 0 fully saturated rings. The molecule has 0 atom stereocenters. The van der Waals surface area contributed by atoms with Crippen molar-refractivity contribution in [2.24, 2.45) is 0 Å². The number of carboxylic acids is 1. The third kappa shape index (κ3) is 3.85. The van der Waals surface area contributed by atoms with E-state index in [9.17, 15) is 9.59 Å². The van der Waals surface area contributed by atoms with Gasteiger partial charge in [-0.3, -0.25) is 14.2 Å². The van der Waals surface area contributed by atoms with Gasteiger partial charge in [0.25, 0.3) is 5.56 Å². The van der Waals surface area contributed by atoms with E-state index in [2.05, 4.69) is 4.98 Å². The predicted molar refractivity (Wildman–Crippen MR) is 79.4 cm³/mol. The molecule has 1 N–H and O–H groups in total. The van der Waals surface area contributed by atoms with Crippen molar-refractivity contribution in [3.63, 3.8) is 0 Å². The molecule has 21 heavy (non-hydrogen) atoms. The van der Waals surface area contributed by atoms with Gasteiger partial charge in [-0.25, -0.2) is 0 Å². The van der Waals surface area contributed by atoms with Crippen LogP contribution in [0.15, 0.2) is 46.5 Å². The van der Waals surface area contributed by atoms with Gasteiger partial charge in [-0.1, -0.05) is 23.9 Å². The number of para-hydroxylation sites is 2. The zero-order valence-corrected chi connectivity index (χ0v) is 12.2. The standard InChI is InChI=1S/C14H14N2O4S/c1-2-20-11-6-4-3-5-10(11)16-8-7-12(17)15-14(16)21-9-13(18)19/h3-8H,2,9H2,1H3,(H,18,19). The molecule has 0 aliphatic carbocycles. The first-order valence-electron chi connectivity index (χ1n) is 6.28. The molecular weight excluding hydrogens is 292 g/mol. The van der Waals surface area contributed by atoms with Crippen molar-refractivity contribution in [2.45, 2.75) is 12.1 Å². The highest BCUT2D eigenvalue weighted by Crippen LogP contribution is 2.26. The topological polar surface area (TPSA) is 81.4 Å². The summed E-state index contributed by atoms with van der Waals surface area (Å²) in [5.41, 5.74) is 0.299. The van der Waals surface area contributed by atoms with Crippen LogP contribution in [0.2, 0.25) is 0 Å². The second kappa shape index (κ2) is 6.94. The summed E-state index contributed by atoms with van der Waals surface area (Å²) in [6.45, 7) is 2.38. The van der Waals surface area contributed by atoms with E-state index in [1.165, 1.54) is 6.07 Å². The maximum absolute atomic E-state index is 11.4. The Kier molecular flexibility index (Phi) is 4.99. The first kappa shape index (κ1) is 15.1. The van der Waals surface area contributed by atoms with Crippen LogP contribution in [-0.2, 0) is 4.79 Å². The highest BCUT2D eigenvalue weighted by atomic mass is 32.2. The van der Waals surface area contributed by atoms with Gasteiger partial charge in [0.2, 0.25) is 0 Å². The summed E-state index contributed by atoms with van der Waals surface area (Å²) in [4.78, 5) is 26.0. The molecule has 0 aliphatic rings. The van der Waals surface area contributed by atoms with Gasteiger partial charge in [0.05, 0.1) is 18.0 Å². The minimum Gasteiger partial charge on any atom is -0.492 e. The summed E-state index contributed by atoms with van der Waals surface area (Å²) < 4.78 is 7.20. The molecule has 0 unspecified atom stereocenters. The maximum atomic E-state index is 11.4. The van der Waals surface area contributed by atoms with E-state index < -0.39 is 11.5 Å². The second-order valence-corrected chi connectivity index (χ2v) is 4.94. The molecule has 1 heterocycles. The van der Waals surface area contributed by atoms with E-state index in [0.717, 1.165) is 11.8 Å². The van der Waals surface area contributed by atoms with Crippen molar-refractivity contribution in [3.05, 3.63) is 46.9 Å². The summed E-state index contributed by atoms with van der Waals surface area (Å²) in [5.74, 6) is -0.502. The normalized spacial score (nSPS) is 10.3. The number of aliphatic carboxylic acids is 1. The molecule has 0 radical (unpaired) electrons. The third-order valence-electron chi connectivity index (χ3n) is 2.53. The molecule has 0 bridgehead atoms. The predicted octanol–water partition coefficient (Wildman–Crippen LogP) is 1.81. The number of thioether (sulfide) groups is 1. The molecule has 1 aromatic carbocycles. The van der Waals surface area contributed by atoms with E-state index in [4.69, 9.17) is 9.84 Å². The Labute approximate surface area is 125 Å². The molecule has 2 aromatic rings. The van der Waals surface area contributed by atoms with Crippen LogP contribution in [-0.4, -0.2) is 33.0 Å². The van der Waals surface area contributed by atoms with Gasteiger partial charge in [-0.15, -0.1) is 0 Å². The van der Waals surface area contributed by atoms with Gasteiger partial charge in [0, 0.05) is 12.3 Å². The SMILES string of the molecule is CCOc1ccccc1-n1ccc(=O)nc1SCC(=O)O. The summed E-state index contributed by atoms with van der Waals surface area (Å²) in [7, 11) is 0. The van der Waals surface area contributed by atoms with E-state index in [1.807, 2.05) is 31.2 Å². The van der Waals surface area contributed by atoms with Crippen LogP contribution in [0.4, 0.5) is 0 Å².